The van der Waals surface area contributed by atoms with Crippen LogP contribution in [-0.4, -0.2) is 28.3 Å². The van der Waals surface area contributed by atoms with Crippen LogP contribution in [0.5, 0.6) is 0 Å². The first-order valence-corrected chi connectivity index (χ1v) is 8.22. The van der Waals surface area contributed by atoms with E-state index in [9.17, 15) is 9.90 Å². The molecule has 0 bridgehead atoms. The maximum Gasteiger partial charge on any atom is 0.315 e. The van der Waals surface area contributed by atoms with Gasteiger partial charge in [0.15, 0.2) is 0 Å². The second-order valence-corrected chi connectivity index (χ2v) is 7.75. The molecule has 1 aromatic carbocycles. The zero-order valence-corrected chi connectivity index (χ0v) is 14.6. The number of carbonyl (C=O) groups excluding carboxylic acids is 1. The maximum absolute atomic E-state index is 12.2. The van der Waals surface area contributed by atoms with Crippen LogP contribution in [0.2, 0.25) is 0 Å². The first-order valence-electron chi connectivity index (χ1n) is 8.22. The Morgan fingerprint density at radius 3 is 2.30 bits per heavy atom. The van der Waals surface area contributed by atoms with Crippen molar-refractivity contribution in [3.63, 3.8) is 0 Å². The summed E-state index contributed by atoms with van der Waals surface area (Å²) in [5.74, 6) is 0. The van der Waals surface area contributed by atoms with Crippen LogP contribution in [0, 0.1) is 0 Å². The van der Waals surface area contributed by atoms with Crippen LogP contribution in [0.3, 0.4) is 0 Å². The van der Waals surface area contributed by atoms with E-state index in [0.29, 0.717) is 6.54 Å². The average molecular weight is 319 g/mol. The zero-order chi connectivity index (χ0) is 17.1. The monoisotopic (exact) mass is 319 g/mol. The van der Waals surface area contributed by atoms with Crippen molar-refractivity contribution in [2.45, 2.75) is 70.8 Å². The maximum atomic E-state index is 12.2. The molecule has 0 spiro atoms. The number of hydrogen-bond acceptors (Lipinski definition) is 3. The van der Waals surface area contributed by atoms with Gasteiger partial charge < -0.3 is 21.1 Å². The molecule has 1 fully saturated rings. The fourth-order valence-electron chi connectivity index (χ4n) is 3.72. The first-order chi connectivity index (χ1) is 10.7. The van der Waals surface area contributed by atoms with Crippen molar-refractivity contribution < 1.29 is 9.90 Å². The van der Waals surface area contributed by atoms with E-state index in [2.05, 4.69) is 43.6 Å². The lowest BCUT2D eigenvalue weighted by atomic mass is 9.80. The van der Waals surface area contributed by atoms with Crippen molar-refractivity contribution >= 4 is 6.03 Å². The van der Waals surface area contributed by atoms with Gasteiger partial charge in [0.25, 0.3) is 0 Å². The van der Waals surface area contributed by atoms with Crippen molar-refractivity contribution in [3.8, 4) is 0 Å². The topological polar surface area (TPSA) is 73.4 Å². The number of aliphatic hydroxyl groups is 1. The Morgan fingerprint density at radius 2 is 1.74 bits per heavy atom. The second-order valence-electron chi connectivity index (χ2n) is 7.75. The highest BCUT2D eigenvalue weighted by Gasteiger charge is 2.38. The van der Waals surface area contributed by atoms with Gasteiger partial charge in [0, 0.05) is 23.7 Å². The molecule has 1 aromatic rings. The predicted molar refractivity (Wildman–Crippen MR) is 92.1 cm³/mol. The number of aliphatic hydroxyl groups excluding tert-OH is 1. The largest absolute Gasteiger partial charge is 0.392 e. The van der Waals surface area contributed by atoms with E-state index in [1.807, 2.05) is 24.3 Å². The number of benzene rings is 1. The Kier molecular flexibility index (Phi) is 5.32. The van der Waals surface area contributed by atoms with Gasteiger partial charge in [0.2, 0.25) is 0 Å². The van der Waals surface area contributed by atoms with Gasteiger partial charge in [-0.15, -0.1) is 0 Å². The molecular weight excluding hydrogens is 290 g/mol. The summed E-state index contributed by atoms with van der Waals surface area (Å²) in [7, 11) is 0. The van der Waals surface area contributed by atoms with Gasteiger partial charge in [-0.3, -0.25) is 0 Å². The molecule has 2 amide bonds. The number of carbonyl (C=O) groups is 1. The van der Waals surface area contributed by atoms with Gasteiger partial charge in [0.1, 0.15) is 0 Å². The fourth-order valence-corrected chi connectivity index (χ4v) is 3.72. The van der Waals surface area contributed by atoms with E-state index in [0.717, 1.165) is 24.0 Å². The number of hydrogen-bond donors (Lipinski definition) is 4. The second kappa shape index (κ2) is 6.89. The van der Waals surface area contributed by atoms with Gasteiger partial charge in [-0.25, -0.2) is 4.79 Å². The molecule has 0 atom stereocenters. The Bertz CT molecular complexity index is 539. The standard InChI is InChI=1S/C18H29N3O2/c1-17(2)9-15(10-18(3,4)21-17)20-16(23)19-11-13-7-5-6-8-14(13)12-22/h5-8,15,21-22H,9-12H2,1-4H3,(H2,19,20,23). The average Bonchev–Trinajstić information content (AvgIpc) is 2.42. The Hall–Kier alpha value is -1.59. The van der Waals surface area contributed by atoms with Crippen LogP contribution in [0.15, 0.2) is 24.3 Å². The summed E-state index contributed by atoms with van der Waals surface area (Å²) in [4.78, 5) is 12.2. The lowest BCUT2D eigenvalue weighted by Crippen LogP contribution is -2.62. The quantitative estimate of drug-likeness (QED) is 0.688. The van der Waals surface area contributed by atoms with Gasteiger partial charge in [-0.1, -0.05) is 24.3 Å². The van der Waals surface area contributed by atoms with Crippen LogP contribution in [0.25, 0.3) is 0 Å². The molecule has 0 saturated carbocycles. The normalized spacial score (nSPS) is 20.0. The van der Waals surface area contributed by atoms with E-state index in [1.165, 1.54) is 0 Å². The van der Waals surface area contributed by atoms with E-state index >= 15 is 0 Å². The highest BCUT2D eigenvalue weighted by Crippen LogP contribution is 2.28. The third-order valence-corrected chi connectivity index (χ3v) is 4.25. The SMILES string of the molecule is CC1(C)CC(NC(=O)NCc2ccccc2CO)CC(C)(C)N1. The Morgan fingerprint density at radius 1 is 1.17 bits per heavy atom. The minimum absolute atomic E-state index is 0.00316. The first kappa shape index (κ1) is 17.8. The summed E-state index contributed by atoms with van der Waals surface area (Å²) in [6, 6.07) is 7.57. The number of amides is 2. The molecule has 23 heavy (non-hydrogen) atoms. The molecule has 1 aliphatic heterocycles. The number of nitrogens with one attached hydrogen (secondary N) is 3. The summed E-state index contributed by atoms with van der Waals surface area (Å²) in [5.41, 5.74) is 1.79. The van der Waals surface area contributed by atoms with Gasteiger partial charge in [-0.2, -0.15) is 0 Å². The van der Waals surface area contributed by atoms with E-state index < -0.39 is 0 Å². The van der Waals surface area contributed by atoms with E-state index in [-0.39, 0.29) is 29.8 Å². The van der Waals surface area contributed by atoms with Crippen LogP contribution < -0.4 is 16.0 Å². The summed E-state index contributed by atoms with van der Waals surface area (Å²) in [6.07, 6.45) is 1.80. The van der Waals surface area contributed by atoms with Crippen LogP contribution in [0.1, 0.15) is 51.7 Å². The van der Waals surface area contributed by atoms with Crippen LogP contribution >= 0.6 is 0 Å². The number of urea groups is 1. The summed E-state index contributed by atoms with van der Waals surface area (Å²) in [6.45, 7) is 9.06. The highest BCUT2D eigenvalue weighted by molar-refractivity contribution is 5.74. The predicted octanol–water partition coefficient (Wildman–Crippen LogP) is 2.29. The molecule has 1 aliphatic rings. The van der Waals surface area contributed by atoms with Gasteiger partial charge in [0.05, 0.1) is 6.61 Å². The molecule has 0 aliphatic carbocycles. The number of piperidine rings is 1. The van der Waals surface area contributed by atoms with E-state index in [4.69, 9.17) is 0 Å². The minimum atomic E-state index is -0.156. The molecule has 4 N–H and O–H groups in total. The smallest absolute Gasteiger partial charge is 0.315 e. The molecule has 0 aromatic heterocycles. The molecule has 2 rings (SSSR count). The lowest BCUT2D eigenvalue weighted by molar-refractivity contribution is 0.147. The molecule has 0 unspecified atom stereocenters. The molecule has 1 saturated heterocycles. The van der Waals surface area contributed by atoms with Crippen molar-refractivity contribution in [2.75, 3.05) is 0 Å². The molecule has 128 valence electrons. The van der Waals surface area contributed by atoms with Crippen LogP contribution in [-0.2, 0) is 13.2 Å². The van der Waals surface area contributed by atoms with Crippen molar-refractivity contribution in [3.05, 3.63) is 35.4 Å². The molecule has 5 heteroatoms. The van der Waals surface area contributed by atoms with Crippen molar-refractivity contribution in [2.24, 2.45) is 0 Å². The third kappa shape index (κ3) is 5.22. The highest BCUT2D eigenvalue weighted by atomic mass is 16.3. The Balaban J connectivity index is 1.89. The molecular formula is C18H29N3O2. The molecule has 0 radical (unpaired) electrons. The summed E-state index contributed by atoms with van der Waals surface area (Å²) in [5, 5.41) is 18.9. The van der Waals surface area contributed by atoms with E-state index in [1.54, 1.807) is 0 Å². The van der Waals surface area contributed by atoms with Crippen LogP contribution in [0.4, 0.5) is 4.79 Å². The molecule has 1 heterocycles. The Labute approximate surface area is 138 Å². The lowest BCUT2D eigenvalue weighted by Gasteiger charge is -2.46. The molecule has 5 nitrogen and oxygen atoms in total. The van der Waals surface area contributed by atoms with Gasteiger partial charge >= 0.3 is 6.03 Å². The third-order valence-electron chi connectivity index (χ3n) is 4.25. The fraction of sp³-hybridized carbons (Fsp3) is 0.611. The zero-order valence-electron chi connectivity index (χ0n) is 14.6. The summed E-state index contributed by atoms with van der Waals surface area (Å²) >= 11 is 0. The summed E-state index contributed by atoms with van der Waals surface area (Å²) < 4.78 is 0. The van der Waals surface area contributed by atoms with Gasteiger partial charge in [-0.05, 0) is 51.7 Å². The van der Waals surface area contributed by atoms with Crippen molar-refractivity contribution in [1.29, 1.82) is 0 Å². The van der Waals surface area contributed by atoms with Crippen molar-refractivity contribution in [1.82, 2.24) is 16.0 Å². The number of rotatable bonds is 4. The minimum Gasteiger partial charge on any atom is -0.392 e.